The summed E-state index contributed by atoms with van der Waals surface area (Å²) in [7, 11) is 0. The summed E-state index contributed by atoms with van der Waals surface area (Å²) in [5.74, 6) is 1.59. The van der Waals surface area contributed by atoms with Crippen molar-refractivity contribution in [2.75, 3.05) is 4.90 Å². The fourth-order valence-electron chi connectivity index (χ4n) is 7.69. The minimum absolute atomic E-state index is 0.796. The number of anilines is 3. The van der Waals surface area contributed by atoms with Gasteiger partial charge in [0.2, 0.25) is 0 Å². The van der Waals surface area contributed by atoms with Gasteiger partial charge in [0, 0.05) is 27.2 Å². The first-order valence-corrected chi connectivity index (χ1v) is 17.5. The van der Waals surface area contributed by atoms with Crippen molar-refractivity contribution in [2.45, 2.75) is 0 Å². The lowest BCUT2D eigenvalue weighted by Gasteiger charge is -2.33. The van der Waals surface area contributed by atoms with E-state index in [9.17, 15) is 0 Å². The molecule has 3 heterocycles. The Morgan fingerprint density at radius 3 is 1.29 bits per heavy atom. The molecule has 244 valence electrons. The normalized spacial score (nSPS) is 12.3. The van der Waals surface area contributed by atoms with Crippen molar-refractivity contribution in [3.63, 3.8) is 0 Å². The van der Waals surface area contributed by atoms with Crippen LogP contribution >= 0.6 is 0 Å². The van der Waals surface area contributed by atoms with Crippen LogP contribution in [0.3, 0.4) is 0 Å². The number of rotatable bonds is 4. The standard InChI is InChI=1S/C48H29NO3/c1-2-8-30(9-3-1)31-14-20-36(21-15-31)49-41-26-32(34-16-22-39-37-10-4-6-12-43(37)50-47(39)28-34)18-24-45(41)52-46-25-19-33(27-42(46)49)35-17-23-40-38-11-5-7-13-44(38)51-48(40)29-35/h1-29H. The van der Waals surface area contributed by atoms with Crippen LogP contribution in [0.1, 0.15) is 0 Å². The number of fused-ring (bicyclic) bond motifs is 8. The summed E-state index contributed by atoms with van der Waals surface area (Å²) in [6.07, 6.45) is 0. The van der Waals surface area contributed by atoms with Crippen molar-refractivity contribution in [1.82, 2.24) is 0 Å². The SMILES string of the molecule is c1ccc(-c2ccc(N3c4cc(-c5ccc6c(c5)oc5ccccc56)ccc4Oc4ccc(-c5ccc6c(c5)oc5ccccc56)cc43)cc2)cc1. The molecule has 0 amide bonds. The molecule has 52 heavy (non-hydrogen) atoms. The molecule has 0 bridgehead atoms. The minimum atomic E-state index is 0.796. The lowest BCUT2D eigenvalue weighted by Crippen LogP contribution is -2.16. The van der Waals surface area contributed by atoms with Crippen molar-refractivity contribution in [3.05, 3.63) is 176 Å². The number of ether oxygens (including phenoxy) is 1. The zero-order valence-electron chi connectivity index (χ0n) is 27.9. The number of furan rings is 2. The highest BCUT2D eigenvalue weighted by atomic mass is 16.5. The molecule has 8 aromatic carbocycles. The van der Waals surface area contributed by atoms with Crippen LogP contribution in [0.25, 0.3) is 77.3 Å². The molecule has 0 spiro atoms. The Bertz CT molecular complexity index is 2830. The maximum absolute atomic E-state index is 6.65. The minimum Gasteiger partial charge on any atom is -0.456 e. The first kappa shape index (κ1) is 28.8. The van der Waals surface area contributed by atoms with Gasteiger partial charge >= 0.3 is 0 Å². The molecule has 0 fully saturated rings. The summed E-state index contributed by atoms with van der Waals surface area (Å²) < 4.78 is 19.2. The Kier molecular flexibility index (Phi) is 6.22. The number of hydrogen-bond donors (Lipinski definition) is 0. The lowest BCUT2D eigenvalue weighted by atomic mass is 9.99. The molecule has 0 unspecified atom stereocenters. The summed E-state index contributed by atoms with van der Waals surface area (Å²) in [5.41, 5.74) is 13.2. The molecule has 11 rings (SSSR count). The third-order valence-electron chi connectivity index (χ3n) is 10.3. The van der Waals surface area contributed by atoms with E-state index in [4.69, 9.17) is 13.6 Å². The zero-order valence-corrected chi connectivity index (χ0v) is 27.9. The van der Waals surface area contributed by atoms with Crippen LogP contribution in [0.15, 0.2) is 185 Å². The first-order valence-electron chi connectivity index (χ1n) is 17.5. The highest BCUT2D eigenvalue weighted by Crippen LogP contribution is 2.53. The molecule has 1 aliphatic heterocycles. The zero-order chi connectivity index (χ0) is 34.2. The molecule has 4 heteroatoms. The number of benzene rings is 8. The van der Waals surface area contributed by atoms with Crippen molar-refractivity contribution in [2.24, 2.45) is 0 Å². The third-order valence-corrected chi connectivity index (χ3v) is 10.3. The van der Waals surface area contributed by atoms with Gasteiger partial charge in [0.05, 0.1) is 11.4 Å². The second-order valence-electron chi connectivity index (χ2n) is 13.3. The smallest absolute Gasteiger partial charge is 0.151 e. The van der Waals surface area contributed by atoms with Gasteiger partial charge in [-0.15, -0.1) is 0 Å². The number of para-hydroxylation sites is 2. The van der Waals surface area contributed by atoms with E-state index in [-0.39, 0.29) is 0 Å². The van der Waals surface area contributed by atoms with Crippen LogP contribution in [-0.4, -0.2) is 0 Å². The van der Waals surface area contributed by atoms with Gasteiger partial charge in [-0.05, 0) is 106 Å². The van der Waals surface area contributed by atoms with Gasteiger partial charge in [0.1, 0.15) is 22.3 Å². The topological polar surface area (TPSA) is 38.8 Å². The molecule has 0 saturated carbocycles. The van der Waals surface area contributed by atoms with Crippen molar-refractivity contribution in [3.8, 4) is 44.9 Å². The van der Waals surface area contributed by atoms with E-state index >= 15 is 0 Å². The second kappa shape index (κ2) is 11.2. The van der Waals surface area contributed by atoms with Crippen LogP contribution in [0.5, 0.6) is 11.5 Å². The number of nitrogens with zero attached hydrogens (tertiary/aromatic N) is 1. The predicted molar refractivity (Wildman–Crippen MR) is 212 cm³/mol. The average Bonchev–Trinajstić information content (AvgIpc) is 3.77. The molecule has 0 radical (unpaired) electrons. The van der Waals surface area contributed by atoms with Gasteiger partial charge in [-0.2, -0.15) is 0 Å². The van der Waals surface area contributed by atoms with Crippen LogP contribution < -0.4 is 9.64 Å². The largest absolute Gasteiger partial charge is 0.456 e. The van der Waals surface area contributed by atoms with Crippen LogP contribution in [-0.2, 0) is 0 Å². The molecule has 2 aromatic heterocycles. The molecule has 0 atom stereocenters. The fourth-order valence-corrected chi connectivity index (χ4v) is 7.69. The van der Waals surface area contributed by atoms with Gasteiger partial charge in [-0.1, -0.05) is 103 Å². The molecule has 0 N–H and O–H groups in total. The monoisotopic (exact) mass is 667 g/mol. The predicted octanol–water partition coefficient (Wildman–Crippen LogP) is 14.1. The van der Waals surface area contributed by atoms with Gasteiger partial charge in [0.25, 0.3) is 0 Å². The molecular formula is C48H29NO3. The van der Waals surface area contributed by atoms with E-state index in [1.165, 1.54) is 11.1 Å². The first-order chi connectivity index (χ1) is 25.7. The summed E-state index contributed by atoms with van der Waals surface area (Å²) in [6, 6.07) is 61.4. The average molecular weight is 668 g/mol. The van der Waals surface area contributed by atoms with Crippen LogP contribution in [0, 0.1) is 0 Å². The van der Waals surface area contributed by atoms with Crippen molar-refractivity contribution < 1.29 is 13.6 Å². The Hall–Kier alpha value is -7.04. The van der Waals surface area contributed by atoms with E-state index in [0.29, 0.717) is 0 Å². The molecule has 10 aromatic rings. The van der Waals surface area contributed by atoms with Gasteiger partial charge in [-0.3, -0.25) is 0 Å². The van der Waals surface area contributed by atoms with E-state index < -0.39 is 0 Å². The Morgan fingerprint density at radius 1 is 0.308 bits per heavy atom. The summed E-state index contributed by atoms with van der Waals surface area (Å²) >= 11 is 0. The maximum Gasteiger partial charge on any atom is 0.151 e. The van der Waals surface area contributed by atoms with Gasteiger partial charge < -0.3 is 18.5 Å². The highest BCUT2D eigenvalue weighted by molar-refractivity contribution is 6.07. The summed E-state index contributed by atoms with van der Waals surface area (Å²) in [6.45, 7) is 0. The second-order valence-corrected chi connectivity index (χ2v) is 13.3. The molecule has 0 saturated heterocycles. The third kappa shape index (κ3) is 4.55. The van der Waals surface area contributed by atoms with E-state index in [2.05, 4.69) is 150 Å². The molecule has 0 aliphatic carbocycles. The molecule has 4 nitrogen and oxygen atoms in total. The fraction of sp³-hybridized carbons (Fsp3) is 0. The Morgan fingerprint density at radius 2 is 0.731 bits per heavy atom. The lowest BCUT2D eigenvalue weighted by molar-refractivity contribution is 0.477. The molecule has 1 aliphatic rings. The van der Waals surface area contributed by atoms with E-state index in [1.807, 2.05) is 30.3 Å². The molecular weight excluding hydrogens is 639 g/mol. The Labute approximate surface area is 299 Å². The number of hydrogen-bond acceptors (Lipinski definition) is 4. The van der Waals surface area contributed by atoms with Crippen molar-refractivity contribution in [1.29, 1.82) is 0 Å². The summed E-state index contributed by atoms with van der Waals surface area (Å²) in [5, 5.41) is 4.48. The quantitative estimate of drug-likeness (QED) is 0.187. The summed E-state index contributed by atoms with van der Waals surface area (Å²) in [4.78, 5) is 2.31. The van der Waals surface area contributed by atoms with E-state index in [1.54, 1.807) is 0 Å². The van der Waals surface area contributed by atoms with Crippen LogP contribution in [0.4, 0.5) is 17.1 Å². The van der Waals surface area contributed by atoms with Gasteiger partial charge in [0.15, 0.2) is 11.5 Å². The van der Waals surface area contributed by atoms with Crippen LogP contribution in [0.2, 0.25) is 0 Å². The highest BCUT2D eigenvalue weighted by Gasteiger charge is 2.27. The Balaban J connectivity index is 1.05. The maximum atomic E-state index is 6.65. The van der Waals surface area contributed by atoms with Crippen molar-refractivity contribution >= 4 is 60.9 Å². The van der Waals surface area contributed by atoms with Gasteiger partial charge in [-0.25, -0.2) is 0 Å². The van der Waals surface area contributed by atoms with E-state index in [0.717, 1.165) is 94.7 Å².